The molecule has 0 aliphatic heterocycles. The van der Waals surface area contributed by atoms with Crippen LogP contribution in [0.1, 0.15) is 30.7 Å². The highest BCUT2D eigenvalue weighted by Gasteiger charge is 2.32. The van der Waals surface area contributed by atoms with E-state index < -0.39 is 17.5 Å². The minimum Gasteiger partial charge on any atom is -0.309 e. The molecule has 0 saturated heterocycles. The van der Waals surface area contributed by atoms with Gasteiger partial charge in [-0.2, -0.15) is 0 Å². The summed E-state index contributed by atoms with van der Waals surface area (Å²) in [5, 5.41) is 3.44. The molecule has 0 spiro atoms. The van der Waals surface area contributed by atoms with Crippen molar-refractivity contribution in [2.75, 3.05) is 6.54 Å². The Morgan fingerprint density at radius 2 is 1.90 bits per heavy atom. The molecule has 1 aromatic carbocycles. The lowest BCUT2D eigenvalue weighted by Gasteiger charge is -2.15. The van der Waals surface area contributed by atoms with Crippen LogP contribution in [0, 0.1) is 23.4 Å². The van der Waals surface area contributed by atoms with Crippen molar-refractivity contribution in [1.29, 1.82) is 0 Å². The van der Waals surface area contributed by atoms with Crippen molar-refractivity contribution in [3.05, 3.63) is 46.6 Å². The first-order valence-electron chi connectivity index (χ1n) is 7.08. The second-order valence-electron chi connectivity index (χ2n) is 5.30. The summed E-state index contributed by atoms with van der Waals surface area (Å²) in [6.45, 7) is 2.92. The fourth-order valence-corrected chi connectivity index (χ4v) is 3.73. The van der Waals surface area contributed by atoms with Crippen LogP contribution in [-0.2, 0) is 0 Å². The SMILES string of the molecule is CCNC(c1ccc(-c2ccc(F)c(F)c2F)s1)C1CC1. The van der Waals surface area contributed by atoms with Gasteiger partial charge in [0.2, 0.25) is 0 Å². The standard InChI is InChI=1S/C16H16F3NS/c1-2-20-16(9-3-4-9)13-8-7-12(21-13)10-5-6-11(17)15(19)14(10)18/h5-9,16,20H,2-4H2,1H3. The lowest BCUT2D eigenvalue weighted by atomic mass is 10.1. The molecule has 1 N–H and O–H groups in total. The maximum atomic E-state index is 13.9. The van der Waals surface area contributed by atoms with Gasteiger partial charge in [0.1, 0.15) is 0 Å². The average Bonchev–Trinajstić information content (AvgIpc) is 3.20. The Labute approximate surface area is 125 Å². The van der Waals surface area contributed by atoms with Crippen molar-refractivity contribution in [2.45, 2.75) is 25.8 Å². The quantitative estimate of drug-likeness (QED) is 0.775. The van der Waals surface area contributed by atoms with E-state index in [1.54, 1.807) is 6.07 Å². The molecule has 21 heavy (non-hydrogen) atoms. The molecule has 3 rings (SSSR count). The van der Waals surface area contributed by atoms with Crippen LogP contribution < -0.4 is 5.32 Å². The third kappa shape index (κ3) is 2.85. The van der Waals surface area contributed by atoms with Crippen molar-refractivity contribution >= 4 is 11.3 Å². The lowest BCUT2D eigenvalue weighted by molar-refractivity contribution is 0.449. The fraction of sp³-hybridized carbons (Fsp3) is 0.375. The lowest BCUT2D eigenvalue weighted by Crippen LogP contribution is -2.21. The molecular weight excluding hydrogens is 295 g/mol. The minimum absolute atomic E-state index is 0.121. The van der Waals surface area contributed by atoms with Gasteiger partial charge in [0.15, 0.2) is 17.5 Å². The number of benzene rings is 1. The fourth-order valence-electron chi connectivity index (χ4n) is 2.53. The minimum atomic E-state index is -1.41. The molecule has 5 heteroatoms. The molecule has 1 atom stereocenters. The summed E-state index contributed by atoms with van der Waals surface area (Å²) < 4.78 is 40.2. The first kappa shape index (κ1) is 14.6. The molecule has 1 unspecified atom stereocenters. The van der Waals surface area contributed by atoms with Crippen molar-refractivity contribution < 1.29 is 13.2 Å². The highest BCUT2D eigenvalue weighted by atomic mass is 32.1. The van der Waals surface area contributed by atoms with Crippen LogP contribution in [0.15, 0.2) is 24.3 Å². The molecule has 112 valence electrons. The molecule has 0 bridgehead atoms. The van der Waals surface area contributed by atoms with E-state index in [2.05, 4.69) is 12.2 Å². The highest BCUT2D eigenvalue weighted by molar-refractivity contribution is 7.15. The monoisotopic (exact) mass is 311 g/mol. The Morgan fingerprint density at radius 1 is 1.14 bits per heavy atom. The summed E-state index contributed by atoms with van der Waals surface area (Å²) in [5.74, 6) is -3.05. The topological polar surface area (TPSA) is 12.0 Å². The second-order valence-corrected chi connectivity index (χ2v) is 6.41. The van der Waals surface area contributed by atoms with E-state index in [1.165, 1.54) is 30.2 Å². The van der Waals surface area contributed by atoms with Gasteiger partial charge in [-0.1, -0.05) is 6.92 Å². The van der Waals surface area contributed by atoms with E-state index in [1.807, 2.05) is 6.07 Å². The summed E-state index contributed by atoms with van der Waals surface area (Å²) in [4.78, 5) is 1.75. The second kappa shape index (κ2) is 5.81. The van der Waals surface area contributed by atoms with Gasteiger partial charge in [-0.05, 0) is 49.6 Å². The van der Waals surface area contributed by atoms with Crippen molar-refractivity contribution in [3.8, 4) is 10.4 Å². The Bertz CT molecular complexity index is 649. The van der Waals surface area contributed by atoms with E-state index in [9.17, 15) is 13.2 Å². The molecule has 1 aliphatic rings. The Balaban J connectivity index is 1.92. The molecule has 1 nitrogen and oxygen atoms in total. The van der Waals surface area contributed by atoms with Crippen LogP contribution in [-0.4, -0.2) is 6.54 Å². The van der Waals surface area contributed by atoms with E-state index in [4.69, 9.17) is 0 Å². The third-order valence-electron chi connectivity index (χ3n) is 3.75. The molecule has 0 radical (unpaired) electrons. The van der Waals surface area contributed by atoms with Gasteiger partial charge in [-0.25, -0.2) is 13.2 Å². The molecule has 2 aromatic rings. The number of thiophene rings is 1. The largest absolute Gasteiger partial charge is 0.309 e. The summed E-state index contributed by atoms with van der Waals surface area (Å²) in [6.07, 6.45) is 2.40. The van der Waals surface area contributed by atoms with Crippen molar-refractivity contribution in [2.24, 2.45) is 5.92 Å². The van der Waals surface area contributed by atoms with Crippen molar-refractivity contribution in [1.82, 2.24) is 5.32 Å². The first-order valence-corrected chi connectivity index (χ1v) is 7.90. The Morgan fingerprint density at radius 3 is 2.57 bits per heavy atom. The van der Waals surface area contributed by atoms with Crippen LogP contribution in [0.3, 0.4) is 0 Å². The number of halogens is 3. The van der Waals surface area contributed by atoms with Crippen LogP contribution in [0.5, 0.6) is 0 Å². The number of hydrogen-bond donors (Lipinski definition) is 1. The van der Waals surface area contributed by atoms with E-state index in [0.29, 0.717) is 10.8 Å². The van der Waals surface area contributed by atoms with E-state index in [-0.39, 0.29) is 11.6 Å². The molecule has 0 amide bonds. The van der Waals surface area contributed by atoms with Gasteiger partial charge in [-0.15, -0.1) is 11.3 Å². The Hall–Kier alpha value is -1.33. The predicted molar refractivity (Wildman–Crippen MR) is 78.8 cm³/mol. The Kier molecular flexibility index (Phi) is 4.04. The number of nitrogens with one attached hydrogen (secondary N) is 1. The third-order valence-corrected chi connectivity index (χ3v) is 4.95. The maximum absolute atomic E-state index is 13.9. The average molecular weight is 311 g/mol. The number of hydrogen-bond acceptors (Lipinski definition) is 2. The summed E-state index contributed by atoms with van der Waals surface area (Å²) in [7, 11) is 0. The van der Waals surface area contributed by atoms with Crippen LogP contribution in [0.4, 0.5) is 13.2 Å². The normalized spacial score (nSPS) is 16.2. The van der Waals surface area contributed by atoms with Crippen LogP contribution in [0.25, 0.3) is 10.4 Å². The van der Waals surface area contributed by atoms with Crippen molar-refractivity contribution in [3.63, 3.8) is 0 Å². The number of rotatable bonds is 5. The molecular formula is C16H16F3NS. The zero-order valence-electron chi connectivity index (χ0n) is 11.6. The van der Waals surface area contributed by atoms with Gasteiger partial charge in [0.05, 0.1) is 0 Å². The van der Waals surface area contributed by atoms with Gasteiger partial charge in [0, 0.05) is 21.4 Å². The van der Waals surface area contributed by atoms with E-state index in [0.717, 1.165) is 17.5 Å². The van der Waals surface area contributed by atoms with E-state index >= 15 is 0 Å². The highest BCUT2D eigenvalue weighted by Crippen LogP contribution is 2.44. The van der Waals surface area contributed by atoms with Crippen LogP contribution >= 0.6 is 11.3 Å². The summed E-state index contributed by atoms with van der Waals surface area (Å²) >= 11 is 1.44. The van der Waals surface area contributed by atoms with Crippen LogP contribution in [0.2, 0.25) is 0 Å². The molecule has 1 saturated carbocycles. The van der Waals surface area contributed by atoms with Gasteiger partial charge in [0.25, 0.3) is 0 Å². The maximum Gasteiger partial charge on any atom is 0.195 e. The predicted octanol–water partition coefficient (Wildman–Crippen LogP) is 4.89. The van der Waals surface area contributed by atoms with Gasteiger partial charge in [-0.3, -0.25) is 0 Å². The van der Waals surface area contributed by atoms with Gasteiger partial charge < -0.3 is 5.32 Å². The molecule has 1 heterocycles. The van der Waals surface area contributed by atoms with Gasteiger partial charge >= 0.3 is 0 Å². The zero-order chi connectivity index (χ0) is 15.0. The molecule has 1 fully saturated rings. The summed E-state index contributed by atoms with van der Waals surface area (Å²) in [6, 6.07) is 6.27. The summed E-state index contributed by atoms with van der Waals surface area (Å²) in [5.41, 5.74) is 0.121. The molecule has 1 aliphatic carbocycles. The molecule has 1 aromatic heterocycles. The smallest absolute Gasteiger partial charge is 0.195 e. The first-order chi connectivity index (χ1) is 10.1. The zero-order valence-corrected chi connectivity index (χ0v) is 12.4.